The molecule has 1 aromatic carbocycles. The summed E-state index contributed by atoms with van der Waals surface area (Å²) in [5.41, 5.74) is 2.29. The Balaban J connectivity index is 1.58. The van der Waals surface area contributed by atoms with Gasteiger partial charge >= 0.3 is 0 Å². The van der Waals surface area contributed by atoms with Gasteiger partial charge in [0.2, 0.25) is 5.91 Å². The van der Waals surface area contributed by atoms with Crippen LogP contribution >= 0.6 is 0 Å². The molecular weight excluding hydrogens is 276 g/mol. The molecule has 2 aliphatic heterocycles. The van der Waals surface area contributed by atoms with E-state index in [1.807, 2.05) is 30.2 Å². The lowest BCUT2D eigenvalue weighted by Crippen LogP contribution is -2.38. The van der Waals surface area contributed by atoms with Crippen LogP contribution in [0.2, 0.25) is 0 Å². The number of hydrogen-bond acceptors (Lipinski definition) is 3. The van der Waals surface area contributed by atoms with Crippen molar-refractivity contribution in [3.8, 4) is 5.75 Å². The Labute approximate surface area is 132 Å². The fraction of sp³-hybridized carbons (Fsp3) is 0.500. The molecule has 1 aromatic rings. The number of likely N-dealkylation sites (N-methyl/N-ethyl adjacent to an activating group) is 2. The molecule has 0 bridgehead atoms. The van der Waals surface area contributed by atoms with Gasteiger partial charge in [-0.3, -0.25) is 4.79 Å². The SMILES string of the molecule is CN(CC1CCCN1C)C(=O)/C=C/c1ccc2c(c1)CCO2. The highest BCUT2D eigenvalue weighted by Crippen LogP contribution is 2.26. The average molecular weight is 300 g/mol. The summed E-state index contributed by atoms with van der Waals surface area (Å²) in [6, 6.07) is 6.60. The van der Waals surface area contributed by atoms with Crippen LogP contribution in [0.1, 0.15) is 24.0 Å². The van der Waals surface area contributed by atoms with Crippen LogP contribution in [0.4, 0.5) is 0 Å². The molecule has 0 aliphatic carbocycles. The zero-order chi connectivity index (χ0) is 15.5. The third-order valence-corrected chi connectivity index (χ3v) is 4.66. The van der Waals surface area contributed by atoms with Gasteiger partial charge in [0.1, 0.15) is 5.75 Å². The number of ether oxygens (including phenoxy) is 1. The fourth-order valence-corrected chi connectivity index (χ4v) is 3.22. The van der Waals surface area contributed by atoms with Gasteiger partial charge in [-0.2, -0.15) is 0 Å². The molecule has 1 fully saturated rings. The molecule has 1 atom stereocenters. The Morgan fingerprint density at radius 1 is 1.50 bits per heavy atom. The molecule has 3 rings (SSSR count). The average Bonchev–Trinajstić information content (AvgIpc) is 3.13. The summed E-state index contributed by atoms with van der Waals surface area (Å²) in [6.45, 7) is 2.70. The predicted molar refractivity (Wildman–Crippen MR) is 88.0 cm³/mol. The van der Waals surface area contributed by atoms with Crippen LogP contribution in [0.3, 0.4) is 0 Å². The maximum absolute atomic E-state index is 12.2. The van der Waals surface area contributed by atoms with Crippen molar-refractivity contribution in [1.82, 2.24) is 9.80 Å². The minimum absolute atomic E-state index is 0.0667. The molecule has 1 saturated heterocycles. The van der Waals surface area contributed by atoms with Gasteiger partial charge in [-0.25, -0.2) is 0 Å². The summed E-state index contributed by atoms with van der Waals surface area (Å²) in [4.78, 5) is 16.4. The van der Waals surface area contributed by atoms with Crippen molar-refractivity contribution in [2.45, 2.75) is 25.3 Å². The standard InChI is InChI=1S/C18H24N2O2/c1-19-10-3-4-16(19)13-20(2)18(21)8-6-14-5-7-17-15(12-14)9-11-22-17/h5-8,12,16H,3-4,9-11,13H2,1-2H3/b8-6+. The lowest BCUT2D eigenvalue weighted by molar-refractivity contribution is -0.125. The molecule has 2 heterocycles. The Morgan fingerprint density at radius 2 is 2.36 bits per heavy atom. The number of amides is 1. The first-order valence-corrected chi connectivity index (χ1v) is 8.02. The summed E-state index contributed by atoms with van der Waals surface area (Å²) in [7, 11) is 4.02. The minimum atomic E-state index is 0.0667. The summed E-state index contributed by atoms with van der Waals surface area (Å²) in [5.74, 6) is 1.04. The normalized spacial score (nSPS) is 21.1. The van der Waals surface area contributed by atoms with Crippen LogP contribution in [-0.4, -0.2) is 55.5 Å². The van der Waals surface area contributed by atoms with Crippen molar-refractivity contribution in [2.24, 2.45) is 0 Å². The van der Waals surface area contributed by atoms with E-state index in [1.54, 1.807) is 6.08 Å². The summed E-state index contributed by atoms with van der Waals surface area (Å²) in [5, 5.41) is 0. The Morgan fingerprint density at radius 3 is 3.14 bits per heavy atom. The summed E-state index contributed by atoms with van der Waals surface area (Å²) >= 11 is 0. The molecule has 2 aliphatic rings. The third kappa shape index (κ3) is 3.33. The Bertz CT molecular complexity index is 582. The minimum Gasteiger partial charge on any atom is -0.493 e. The van der Waals surface area contributed by atoms with Crippen molar-refractivity contribution < 1.29 is 9.53 Å². The van der Waals surface area contributed by atoms with E-state index in [4.69, 9.17) is 4.74 Å². The Hall–Kier alpha value is -1.81. The van der Waals surface area contributed by atoms with Gasteiger partial charge in [-0.15, -0.1) is 0 Å². The first kappa shape index (κ1) is 15.1. The lowest BCUT2D eigenvalue weighted by Gasteiger charge is -2.25. The third-order valence-electron chi connectivity index (χ3n) is 4.66. The number of nitrogens with zero attached hydrogens (tertiary/aromatic N) is 2. The second-order valence-corrected chi connectivity index (χ2v) is 6.29. The van der Waals surface area contributed by atoms with Gasteiger partial charge in [-0.1, -0.05) is 6.07 Å². The van der Waals surface area contributed by atoms with Crippen LogP contribution in [0.5, 0.6) is 5.75 Å². The van der Waals surface area contributed by atoms with E-state index < -0.39 is 0 Å². The van der Waals surface area contributed by atoms with Crippen LogP contribution in [-0.2, 0) is 11.2 Å². The number of benzene rings is 1. The van der Waals surface area contributed by atoms with E-state index in [0.717, 1.165) is 37.4 Å². The summed E-state index contributed by atoms with van der Waals surface area (Å²) < 4.78 is 5.50. The molecule has 4 nitrogen and oxygen atoms in total. The van der Waals surface area contributed by atoms with Crippen molar-refractivity contribution in [2.75, 3.05) is 33.8 Å². The van der Waals surface area contributed by atoms with Crippen LogP contribution in [0, 0.1) is 0 Å². The van der Waals surface area contributed by atoms with Crippen LogP contribution in [0.15, 0.2) is 24.3 Å². The highest BCUT2D eigenvalue weighted by atomic mass is 16.5. The van der Waals surface area contributed by atoms with E-state index in [9.17, 15) is 4.79 Å². The Kier molecular flexibility index (Phi) is 4.48. The number of carbonyl (C=O) groups excluding carboxylic acids is 1. The first-order valence-electron chi connectivity index (χ1n) is 8.02. The molecular formula is C18H24N2O2. The maximum atomic E-state index is 12.2. The maximum Gasteiger partial charge on any atom is 0.246 e. The van der Waals surface area contributed by atoms with Crippen LogP contribution in [0.25, 0.3) is 6.08 Å². The first-order chi connectivity index (χ1) is 10.6. The number of carbonyl (C=O) groups is 1. The monoisotopic (exact) mass is 300 g/mol. The van der Waals surface area contributed by atoms with Crippen molar-refractivity contribution in [3.05, 3.63) is 35.4 Å². The van der Waals surface area contributed by atoms with Gasteiger partial charge in [0.15, 0.2) is 0 Å². The van der Waals surface area contributed by atoms with Gasteiger partial charge in [0, 0.05) is 32.1 Å². The largest absolute Gasteiger partial charge is 0.493 e. The molecule has 0 radical (unpaired) electrons. The van der Waals surface area contributed by atoms with E-state index in [-0.39, 0.29) is 5.91 Å². The molecule has 0 N–H and O–H groups in total. The second kappa shape index (κ2) is 6.53. The van der Waals surface area contributed by atoms with Crippen molar-refractivity contribution in [3.63, 3.8) is 0 Å². The highest BCUT2D eigenvalue weighted by Gasteiger charge is 2.23. The van der Waals surface area contributed by atoms with Gasteiger partial charge in [0.05, 0.1) is 6.61 Å². The van der Waals surface area contributed by atoms with Gasteiger partial charge in [-0.05, 0) is 55.8 Å². The van der Waals surface area contributed by atoms with Crippen molar-refractivity contribution >= 4 is 12.0 Å². The number of hydrogen-bond donors (Lipinski definition) is 0. The zero-order valence-corrected chi connectivity index (χ0v) is 13.4. The van der Waals surface area contributed by atoms with Crippen LogP contribution < -0.4 is 4.74 Å². The topological polar surface area (TPSA) is 32.8 Å². The molecule has 0 aromatic heterocycles. The molecule has 0 saturated carbocycles. The lowest BCUT2D eigenvalue weighted by atomic mass is 10.1. The van der Waals surface area contributed by atoms with Crippen molar-refractivity contribution in [1.29, 1.82) is 0 Å². The molecule has 22 heavy (non-hydrogen) atoms. The molecule has 1 unspecified atom stereocenters. The summed E-state index contributed by atoms with van der Waals surface area (Å²) in [6.07, 6.45) is 6.94. The molecule has 4 heteroatoms. The number of fused-ring (bicyclic) bond motifs is 1. The fourth-order valence-electron chi connectivity index (χ4n) is 3.22. The van der Waals surface area contributed by atoms with E-state index in [1.165, 1.54) is 18.4 Å². The smallest absolute Gasteiger partial charge is 0.246 e. The number of rotatable bonds is 4. The van der Waals surface area contributed by atoms with E-state index >= 15 is 0 Å². The predicted octanol–water partition coefficient (Wildman–Crippen LogP) is 2.19. The quantitative estimate of drug-likeness (QED) is 0.799. The number of likely N-dealkylation sites (tertiary alicyclic amines) is 1. The highest BCUT2D eigenvalue weighted by molar-refractivity contribution is 5.91. The second-order valence-electron chi connectivity index (χ2n) is 6.29. The van der Waals surface area contributed by atoms with E-state index in [2.05, 4.69) is 18.0 Å². The molecule has 1 amide bonds. The molecule has 118 valence electrons. The van der Waals surface area contributed by atoms with E-state index in [0.29, 0.717) is 6.04 Å². The molecule has 0 spiro atoms. The van der Waals surface area contributed by atoms with Gasteiger partial charge < -0.3 is 14.5 Å². The zero-order valence-electron chi connectivity index (χ0n) is 13.4. The van der Waals surface area contributed by atoms with Gasteiger partial charge in [0.25, 0.3) is 0 Å².